The van der Waals surface area contributed by atoms with Gasteiger partial charge in [-0.3, -0.25) is 19.4 Å². The average molecular weight is 565 g/mol. The largest absolute Gasteiger partial charge is 0.395 e. The third-order valence-electron chi connectivity index (χ3n) is 6.80. The minimum Gasteiger partial charge on any atom is -0.395 e. The fraction of sp³-hybridized carbons (Fsp3) is 0.926. The summed E-state index contributed by atoms with van der Waals surface area (Å²) < 4.78 is -0.434. The first-order chi connectivity index (χ1) is 16.8. The van der Waals surface area contributed by atoms with Crippen molar-refractivity contribution in [2.45, 2.75) is 84.1 Å². The molecule has 220 valence electrons. The van der Waals surface area contributed by atoms with Crippen molar-refractivity contribution in [1.82, 2.24) is 20.4 Å². The van der Waals surface area contributed by atoms with Gasteiger partial charge in [0.15, 0.2) is 0 Å². The quantitative estimate of drug-likeness (QED) is 0.135. The van der Waals surface area contributed by atoms with Gasteiger partial charge < -0.3 is 20.8 Å². The Balaban J connectivity index is 4.63. The molecule has 0 heterocycles. The molecule has 2 amide bonds. The second-order valence-electron chi connectivity index (χ2n) is 12.9. The van der Waals surface area contributed by atoms with Crippen LogP contribution in [-0.2, 0) is 9.59 Å². The van der Waals surface area contributed by atoms with E-state index in [2.05, 4.69) is 71.7 Å². The monoisotopic (exact) mass is 564 g/mol. The third kappa shape index (κ3) is 17.6. The molecule has 0 saturated heterocycles. The maximum Gasteiger partial charge on any atom is 0.221 e. The molecule has 0 fully saturated rings. The highest BCUT2D eigenvalue weighted by Gasteiger charge is 2.34. The lowest BCUT2D eigenvalue weighted by atomic mass is 9.81. The molecule has 1 atom stereocenters. The van der Waals surface area contributed by atoms with Crippen LogP contribution in [0, 0.1) is 10.8 Å². The van der Waals surface area contributed by atoms with E-state index in [0.29, 0.717) is 65.2 Å². The summed E-state index contributed by atoms with van der Waals surface area (Å²) in [6.45, 7) is 21.0. The molecular formula is C27H56N4O4S2. The van der Waals surface area contributed by atoms with Crippen molar-refractivity contribution in [3.05, 3.63) is 0 Å². The molecule has 0 aromatic rings. The number of aliphatic hydroxyl groups excluding tert-OH is 2. The van der Waals surface area contributed by atoms with Crippen LogP contribution in [-0.4, -0.2) is 107 Å². The lowest BCUT2D eigenvalue weighted by molar-refractivity contribution is -0.122. The number of hydrogen-bond acceptors (Lipinski definition) is 8. The number of carbonyl (C=O) groups is 2. The van der Waals surface area contributed by atoms with Gasteiger partial charge in [0.25, 0.3) is 0 Å². The first kappa shape index (κ1) is 36.5. The normalized spacial score (nSPS) is 14.6. The van der Waals surface area contributed by atoms with Gasteiger partial charge in [0.2, 0.25) is 11.8 Å². The topological polar surface area (TPSA) is 105 Å². The van der Waals surface area contributed by atoms with E-state index in [1.54, 1.807) is 0 Å². The molecule has 0 spiro atoms. The Morgan fingerprint density at radius 3 is 1.43 bits per heavy atom. The molecule has 0 aliphatic rings. The van der Waals surface area contributed by atoms with Crippen molar-refractivity contribution in [1.29, 1.82) is 0 Å². The van der Waals surface area contributed by atoms with E-state index in [-0.39, 0.29) is 45.4 Å². The second kappa shape index (κ2) is 16.6. The zero-order valence-corrected chi connectivity index (χ0v) is 26.5. The highest BCUT2D eigenvalue weighted by molar-refractivity contribution is 7.82. The van der Waals surface area contributed by atoms with E-state index >= 15 is 0 Å². The number of nitrogens with zero attached hydrogens (tertiary/aromatic N) is 2. The SMILES string of the molecule is CC(C)(S)CC(C)(C)CNC(=O)CCN(CCO)CCN(CCO)CCC(=O)NCC(C)(S)C(C)(C)C. The van der Waals surface area contributed by atoms with Crippen LogP contribution in [0.15, 0.2) is 0 Å². The summed E-state index contributed by atoms with van der Waals surface area (Å²) in [6.07, 6.45) is 1.55. The Kier molecular flexibility index (Phi) is 16.3. The number of carbonyl (C=O) groups excluding carboxylic acids is 2. The van der Waals surface area contributed by atoms with Gasteiger partial charge in [-0.1, -0.05) is 48.5 Å². The number of nitrogens with one attached hydrogen (secondary N) is 2. The van der Waals surface area contributed by atoms with Gasteiger partial charge in [0.05, 0.1) is 13.2 Å². The van der Waals surface area contributed by atoms with Crippen molar-refractivity contribution >= 4 is 37.1 Å². The van der Waals surface area contributed by atoms with E-state index in [0.717, 1.165) is 6.42 Å². The van der Waals surface area contributed by atoms with Crippen LogP contribution in [0.2, 0.25) is 0 Å². The van der Waals surface area contributed by atoms with Crippen molar-refractivity contribution in [3.63, 3.8) is 0 Å². The van der Waals surface area contributed by atoms with Crippen LogP contribution in [0.4, 0.5) is 0 Å². The zero-order chi connectivity index (χ0) is 28.9. The minimum atomic E-state index is -0.330. The van der Waals surface area contributed by atoms with Gasteiger partial charge in [-0.05, 0) is 24.2 Å². The van der Waals surface area contributed by atoms with Crippen LogP contribution in [0.25, 0.3) is 0 Å². The Hall–Kier alpha value is -0.520. The van der Waals surface area contributed by atoms with Crippen molar-refractivity contribution in [2.75, 3.05) is 65.6 Å². The Bertz CT molecular complexity index is 676. The molecule has 0 aliphatic carbocycles. The van der Waals surface area contributed by atoms with Crippen LogP contribution in [0.5, 0.6) is 0 Å². The zero-order valence-electron chi connectivity index (χ0n) is 24.7. The van der Waals surface area contributed by atoms with Crippen LogP contribution in [0.1, 0.15) is 74.7 Å². The molecule has 0 radical (unpaired) electrons. The fourth-order valence-electron chi connectivity index (χ4n) is 4.04. The molecule has 0 saturated carbocycles. The summed E-state index contributed by atoms with van der Waals surface area (Å²) in [6, 6.07) is 0. The molecule has 0 aromatic carbocycles. The first-order valence-electron chi connectivity index (χ1n) is 13.5. The number of amides is 2. The summed E-state index contributed by atoms with van der Waals surface area (Å²) in [7, 11) is 0. The fourth-order valence-corrected chi connectivity index (χ4v) is 4.55. The van der Waals surface area contributed by atoms with E-state index in [1.807, 2.05) is 16.7 Å². The van der Waals surface area contributed by atoms with E-state index < -0.39 is 0 Å². The molecule has 0 aliphatic heterocycles. The van der Waals surface area contributed by atoms with Gasteiger partial charge in [0.1, 0.15) is 0 Å². The third-order valence-corrected chi connectivity index (χ3v) is 7.78. The molecule has 1 unspecified atom stereocenters. The van der Waals surface area contributed by atoms with Crippen molar-refractivity contribution in [2.24, 2.45) is 10.8 Å². The highest BCUT2D eigenvalue weighted by Crippen LogP contribution is 2.35. The predicted octanol–water partition coefficient (Wildman–Crippen LogP) is 2.45. The van der Waals surface area contributed by atoms with E-state index in [1.165, 1.54) is 0 Å². The maximum atomic E-state index is 12.5. The standard InChI is InChI=1S/C27H56N4O4S2/c1-24(2,3)27(8,37)21-29-23(35)10-12-31(16-18-33)14-13-30(15-17-32)11-9-22(34)28-20-25(4,5)19-26(6,7)36/h32-33,36-37H,9-21H2,1-8H3,(H,28,34)(H,29,35). The lowest BCUT2D eigenvalue weighted by Gasteiger charge is -2.37. The Labute approximate surface area is 237 Å². The molecule has 0 bridgehead atoms. The summed E-state index contributed by atoms with van der Waals surface area (Å²) in [5, 5.41) is 25.0. The van der Waals surface area contributed by atoms with Crippen LogP contribution >= 0.6 is 25.3 Å². The molecular weight excluding hydrogens is 508 g/mol. The van der Waals surface area contributed by atoms with E-state index in [4.69, 9.17) is 12.6 Å². The molecule has 0 rings (SSSR count). The molecule has 10 heteroatoms. The van der Waals surface area contributed by atoms with Gasteiger partial charge in [0, 0.05) is 74.7 Å². The highest BCUT2D eigenvalue weighted by atomic mass is 32.1. The van der Waals surface area contributed by atoms with Crippen molar-refractivity contribution in [3.8, 4) is 0 Å². The number of rotatable bonds is 19. The summed E-state index contributed by atoms with van der Waals surface area (Å²) in [5.74, 6) is -0.0519. The molecule has 8 nitrogen and oxygen atoms in total. The van der Waals surface area contributed by atoms with E-state index in [9.17, 15) is 19.8 Å². The van der Waals surface area contributed by atoms with Crippen molar-refractivity contribution < 1.29 is 19.8 Å². The van der Waals surface area contributed by atoms with Crippen LogP contribution in [0.3, 0.4) is 0 Å². The smallest absolute Gasteiger partial charge is 0.221 e. The molecule has 0 aromatic heterocycles. The van der Waals surface area contributed by atoms with Gasteiger partial charge in [-0.15, -0.1) is 0 Å². The summed E-state index contributed by atoms with van der Waals surface area (Å²) >= 11 is 9.33. The number of thiol groups is 2. The average Bonchev–Trinajstić information content (AvgIpc) is 2.73. The van der Waals surface area contributed by atoms with Gasteiger partial charge in [-0.25, -0.2) is 0 Å². The molecule has 37 heavy (non-hydrogen) atoms. The van der Waals surface area contributed by atoms with Crippen LogP contribution < -0.4 is 10.6 Å². The Morgan fingerprint density at radius 2 is 1.08 bits per heavy atom. The predicted molar refractivity (Wildman–Crippen MR) is 161 cm³/mol. The lowest BCUT2D eigenvalue weighted by Crippen LogP contribution is -2.46. The second-order valence-corrected chi connectivity index (χ2v) is 15.1. The first-order valence-corrected chi connectivity index (χ1v) is 14.4. The van der Waals surface area contributed by atoms with Gasteiger partial charge >= 0.3 is 0 Å². The molecule has 4 N–H and O–H groups in total. The van der Waals surface area contributed by atoms with Gasteiger partial charge in [-0.2, -0.15) is 25.3 Å². The minimum absolute atomic E-state index is 0.00162. The summed E-state index contributed by atoms with van der Waals surface area (Å²) in [5.41, 5.74) is -0.111. The Morgan fingerprint density at radius 1 is 0.676 bits per heavy atom. The summed E-state index contributed by atoms with van der Waals surface area (Å²) in [4.78, 5) is 29.0. The maximum absolute atomic E-state index is 12.5. The number of aliphatic hydroxyl groups is 2. The number of hydrogen-bond donors (Lipinski definition) is 6.